The second-order valence-electron chi connectivity index (χ2n) is 6.52. The minimum absolute atomic E-state index is 0.213. The van der Waals surface area contributed by atoms with E-state index in [1.807, 2.05) is 20.8 Å². The normalized spacial score (nSPS) is 24.6. The third-order valence-electron chi connectivity index (χ3n) is 3.90. The van der Waals surface area contributed by atoms with Gasteiger partial charge in [0.25, 0.3) is 5.91 Å². The number of hydrogen-bond acceptors (Lipinski definition) is 5. The van der Waals surface area contributed by atoms with Crippen molar-refractivity contribution in [3.8, 4) is 0 Å². The smallest absolute Gasteiger partial charge is 0.265 e. The number of nitrogens with one attached hydrogen (secondary N) is 2. The van der Waals surface area contributed by atoms with Gasteiger partial charge in [-0.1, -0.05) is 20.8 Å². The first-order chi connectivity index (χ1) is 10.7. The fraction of sp³-hybridized carbons (Fsp3) is 0.857. The van der Waals surface area contributed by atoms with Gasteiger partial charge in [-0.25, -0.2) is 5.84 Å². The van der Waals surface area contributed by atoms with E-state index in [9.17, 15) is 14.2 Å². The Morgan fingerprint density at radius 3 is 2.70 bits per heavy atom. The maximum absolute atomic E-state index is 12.7. The molecule has 9 heteroatoms. The first-order valence-corrected chi connectivity index (χ1v) is 9.57. The van der Waals surface area contributed by atoms with E-state index in [1.54, 1.807) is 0 Å². The van der Waals surface area contributed by atoms with Gasteiger partial charge < -0.3 is 15.6 Å². The molecule has 2 amide bonds. The van der Waals surface area contributed by atoms with E-state index in [0.29, 0.717) is 32.4 Å². The Labute approximate surface area is 138 Å². The summed E-state index contributed by atoms with van der Waals surface area (Å²) in [5.74, 6) is 5.09. The van der Waals surface area contributed by atoms with Gasteiger partial charge in [0.2, 0.25) is 5.91 Å². The van der Waals surface area contributed by atoms with Crippen LogP contribution in [0.3, 0.4) is 0 Å². The summed E-state index contributed by atoms with van der Waals surface area (Å²) in [6, 6.07) is -0.630. The molecule has 1 rings (SSSR count). The molecular formula is C14H30N5O3P. The summed E-state index contributed by atoms with van der Waals surface area (Å²) in [6.45, 7) is 6.87. The summed E-state index contributed by atoms with van der Waals surface area (Å²) in [4.78, 5) is 24.4. The second-order valence-corrected chi connectivity index (χ2v) is 8.36. The quantitative estimate of drug-likeness (QED) is 0.281. The average molecular weight is 347 g/mol. The Kier molecular flexibility index (Phi) is 7.67. The molecule has 3 atom stereocenters. The lowest BCUT2D eigenvalue weighted by molar-refractivity contribution is -0.137. The Morgan fingerprint density at radius 2 is 2.13 bits per heavy atom. The van der Waals surface area contributed by atoms with Gasteiger partial charge in [0.15, 0.2) is 13.2 Å². The molecule has 0 aliphatic carbocycles. The Bertz CT molecular complexity index is 460. The van der Waals surface area contributed by atoms with Crippen molar-refractivity contribution in [2.75, 3.05) is 13.1 Å². The highest BCUT2D eigenvalue weighted by molar-refractivity contribution is 7.45. The molecule has 0 bridgehead atoms. The van der Waals surface area contributed by atoms with Crippen LogP contribution in [0.15, 0.2) is 0 Å². The monoisotopic (exact) mass is 347 g/mol. The lowest BCUT2D eigenvalue weighted by Crippen LogP contribution is -2.60. The zero-order chi connectivity index (χ0) is 17.6. The maximum Gasteiger partial charge on any atom is 0.265 e. The zero-order valence-corrected chi connectivity index (χ0v) is 15.2. The van der Waals surface area contributed by atoms with Crippen molar-refractivity contribution >= 4 is 19.8 Å². The van der Waals surface area contributed by atoms with Crippen LogP contribution in [0, 0.1) is 5.92 Å². The van der Waals surface area contributed by atoms with Crippen molar-refractivity contribution in [3.63, 3.8) is 0 Å². The molecule has 1 aliphatic heterocycles. The number of piperidine rings is 1. The minimum Gasteiger partial charge on any atom is -0.355 e. The van der Waals surface area contributed by atoms with Gasteiger partial charge in [0, 0.05) is 13.1 Å². The van der Waals surface area contributed by atoms with Crippen LogP contribution in [-0.2, 0) is 14.2 Å². The largest absolute Gasteiger partial charge is 0.355 e. The van der Waals surface area contributed by atoms with Crippen molar-refractivity contribution in [1.29, 1.82) is 0 Å². The first-order valence-electron chi connectivity index (χ1n) is 8.16. The molecule has 23 heavy (non-hydrogen) atoms. The average Bonchev–Trinajstić information content (AvgIpc) is 2.48. The van der Waals surface area contributed by atoms with Crippen LogP contribution in [0.2, 0.25) is 0 Å². The SMILES string of the molecule is CCCNC(=O)C(CC(C)C)N[PH](=O)[C@@]1(N)CCCN(N)C1=O. The van der Waals surface area contributed by atoms with Crippen molar-refractivity contribution in [2.24, 2.45) is 17.5 Å². The van der Waals surface area contributed by atoms with Crippen molar-refractivity contribution < 1.29 is 14.2 Å². The Morgan fingerprint density at radius 1 is 1.48 bits per heavy atom. The summed E-state index contributed by atoms with van der Waals surface area (Å²) in [6.07, 6.45) is 2.22. The molecule has 1 fully saturated rings. The number of nitrogens with zero attached hydrogens (tertiary/aromatic N) is 1. The van der Waals surface area contributed by atoms with E-state index in [1.165, 1.54) is 0 Å². The fourth-order valence-electron chi connectivity index (χ4n) is 2.56. The summed E-state index contributed by atoms with van der Waals surface area (Å²) in [7, 11) is -2.74. The molecule has 2 unspecified atom stereocenters. The van der Waals surface area contributed by atoms with Crippen LogP contribution >= 0.6 is 7.95 Å². The van der Waals surface area contributed by atoms with Gasteiger partial charge in [0.05, 0.1) is 6.04 Å². The van der Waals surface area contributed by atoms with Gasteiger partial charge in [-0.3, -0.25) is 19.7 Å². The maximum atomic E-state index is 12.7. The summed E-state index contributed by atoms with van der Waals surface area (Å²) in [5, 5.41) is 5.12. The van der Waals surface area contributed by atoms with Crippen LogP contribution in [-0.4, -0.2) is 41.2 Å². The van der Waals surface area contributed by atoms with E-state index in [0.717, 1.165) is 11.4 Å². The standard InChI is InChI=1S/C14H30N5O3P/c1-4-7-17-12(20)11(9-10(2)3)18-23(22)14(15)6-5-8-19(16)13(14)21/h10-11,23H,4-9,15-16H2,1-3H3,(H,17,20)(H,18,22)/t11?,14-/m0/s1. The molecule has 1 aliphatic rings. The Balaban J connectivity index is 2.82. The van der Waals surface area contributed by atoms with Crippen LogP contribution in [0.25, 0.3) is 0 Å². The second kappa shape index (κ2) is 8.78. The molecule has 0 aromatic rings. The summed E-state index contributed by atoms with van der Waals surface area (Å²) < 4.78 is 12.7. The predicted molar refractivity (Wildman–Crippen MR) is 90.7 cm³/mol. The highest BCUT2D eigenvalue weighted by Gasteiger charge is 2.45. The predicted octanol–water partition coefficient (Wildman–Crippen LogP) is 0.143. The lowest BCUT2D eigenvalue weighted by Gasteiger charge is -2.37. The topological polar surface area (TPSA) is 131 Å². The van der Waals surface area contributed by atoms with Crippen LogP contribution < -0.4 is 22.0 Å². The third kappa shape index (κ3) is 5.28. The molecule has 6 N–H and O–H groups in total. The van der Waals surface area contributed by atoms with Gasteiger partial charge in [-0.05, 0) is 31.6 Å². The molecule has 1 heterocycles. The number of carbonyl (C=O) groups excluding carboxylic acids is 2. The number of rotatable bonds is 8. The van der Waals surface area contributed by atoms with Gasteiger partial charge in [0.1, 0.15) is 0 Å². The van der Waals surface area contributed by atoms with E-state index < -0.39 is 25.2 Å². The first kappa shape index (κ1) is 20.1. The fourth-order valence-corrected chi connectivity index (χ4v) is 4.13. The van der Waals surface area contributed by atoms with E-state index in [-0.39, 0.29) is 11.8 Å². The number of hydrazine groups is 1. The molecule has 0 spiro atoms. The highest BCUT2D eigenvalue weighted by atomic mass is 31.1. The number of hydrogen-bond donors (Lipinski definition) is 4. The Hall–Kier alpha value is -0.950. The van der Waals surface area contributed by atoms with E-state index in [2.05, 4.69) is 10.4 Å². The molecule has 0 aromatic heterocycles. The molecule has 0 aromatic carbocycles. The van der Waals surface area contributed by atoms with Crippen molar-refractivity contribution in [1.82, 2.24) is 15.4 Å². The van der Waals surface area contributed by atoms with Gasteiger partial charge in [-0.2, -0.15) is 0 Å². The van der Waals surface area contributed by atoms with Crippen molar-refractivity contribution in [2.45, 2.75) is 57.8 Å². The van der Waals surface area contributed by atoms with E-state index in [4.69, 9.17) is 11.6 Å². The molecular weight excluding hydrogens is 317 g/mol. The molecule has 1 saturated heterocycles. The summed E-state index contributed by atoms with van der Waals surface area (Å²) >= 11 is 0. The van der Waals surface area contributed by atoms with Gasteiger partial charge >= 0.3 is 0 Å². The summed E-state index contributed by atoms with van der Waals surface area (Å²) in [5.41, 5.74) is 6.08. The minimum atomic E-state index is -2.74. The van der Waals surface area contributed by atoms with Gasteiger partial charge in [-0.15, -0.1) is 0 Å². The lowest BCUT2D eigenvalue weighted by atomic mass is 10.0. The van der Waals surface area contributed by atoms with Crippen LogP contribution in [0.1, 0.15) is 46.5 Å². The number of nitrogens with two attached hydrogens (primary N) is 2. The molecule has 0 radical (unpaired) electrons. The van der Waals surface area contributed by atoms with Crippen LogP contribution in [0.4, 0.5) is 0 Å². The third-order valence-corrected chi connectivity index (χ3v) is 5.78. The van der Waals surface area contributed by atoms with Crippen LogP contribution in [0.5, 0.6) is 0 Å². The number of carbonyl (C=O) groups is 2. The molecule has 0 saturated carbocycles. The highest BCUT2D eigenvalue weighted by Crippen LogP contribution is 2.39. The molecule has 8 nitrogen and oxygen atoms in total. The molecule has 134 valence electrons. The number of amides is 2. The zero-order valence-electron chi connectivity index (χ0n) is 14.2. The van der Waals surface area contributed by atoms with Crippen molar-refractivity contribution in [3.05, 3.63) is 0 Å². The van der Waals surface area contributed by atoms with E-state index >= 15 is 0 Å².